The predicted molar refractivity (Wildman–Crippen MR) is 165 cm³/mol. The number of nitrogens with one attached hydrogen (secondary N) is 2. The molecule has 0 aromatic heterocycles. The van der Waals surface area contributed by atoms with Crippen molar-refractivity contribution in [3.63, 3.8) is 0 Å². The molecule has 1 heterocycles. The van der Waals surface area contributed by atoms with Crippen LogP contribution in [0.2, 0.25) is 0 Å². The summed E-state index contributed by atoms with van der Waals surface area (Å²) in [7, 11) is -2.92. The molecule has 42 heavy (non-hydrogen) atoms. The highest BCUT2D eigenvalue weighted by Crippen LogP contribution is 2.35. The number of rotatable bonds is 11. The van der Waals surface area contributed by atoms with Crippen molar-refractivity contribution >= 4 is 27.7 Å². The third-order valence-electron chi connectivity index (χ3n) is 7.88. The molecule has 2 atom stereocenters. The van der Waals surface area contributed by atoms with Crippen molar-refractivity contribution in [3.8, 4) is 0 Å². The second-order valence-electron chi connectivity index (χ2n) is 12.1. The first-order valence-electron chi connectivity index (χ1n) is 14.7. The fourth-order valence-corrected chi connectivity index (χ4v) is 7.39. The summed E-state index contributed by atoms with van der Waals surface area (Å²) in [4.78, 5) is 28.4. The second kappa shape index (κ2) is 13.8. The number of hydrogen-bond acceptors (Lipinski definition) is 6. The van der Waals surface area contributed by atoms with Gasteiger partial charge in [0.1, 0.15) is 17.9 Å². The summed E-state index contributed by atoms with van der Waals surface area (Å²) < 4.78 is 36.5. The maximum Gasteiger partial charge on any atom is 0.328 e. The fraction of sp³-hybridized carbons (Fsp3) is 0.531. The number of nitrogens with zero attached hydrogens (tertiary/aromatic N) is 1. The molecule has 1 aliphatic rings. The minimum absolute atomic E-state index is 0.0156. The Hall–Kier alpha value is -3.24. The first kappa shape index (κ1) is 33.3. The van der Waals surface area contributed by atoms with E-state index in [1.165, 1.54) is 12.0 Å². The second-order valence-corrected chi connectivity index (χ2v) is 13.7. The van der Waals surface area contributed by atoms with Crippen molar-refractivity contribution < 1.29 is 22.7 Å². The SMILES string of the molecule is COC(=O)C1CCCCN1C(=O)[C@H](Cc1cccc(C(=N)N)c1)NS(=O)(=O)c1c(C(C)C)cc(C(C)C)cc1C(C)C. The highest BCUT2D eigenvalue weighted by molar-refractivity contribution is 7.89. The number of piperidine rings is 1. The first-order valence-corrected chi connectivity index (χ1v) is 16.2. The van der Waals surface area contributed by atoms with Crippen LogP contribution in [0.4, 0.5) is 0 Å². The molecule has 2 aromatic rings. The van der Waals surface area contributed by atoms with Crippen LogP contribution in [-0.4, -0.2) is 56.8 Å². The highest BCUT2D eigenvalue weighted by atomic mass is 32.2. The van der Waals surface area contributed by atoms with Crippen LogP contribution in [0.5, 0.6) is 0 Å². The Kier molecular flexibility index (Phi) is 10.9. The number of amidine groups is 1. The quantitative estimate of drug-likeness (QED) is 0.193. The zero-order valence-corrected chi connectivity index (χ0v) is 26.7. The van der Waals surface area contributed by atoms with Crippen LogP contribution in [0, 0.1) is 5.41 Å². The number of esters is 1. The molecule has 0 radical (unpaired) electrons. The van der Waals surface area contributed by atoms with Crippen molar-refractivity contribution in [2.45, 2.75) is 102 Å². The van der Waals surface area contributed by atoms with Gasteiger partial charge in [-0.25, -0.2) is 13.2 Å². The third kappa shape index (κ3) is 7.58. The molecule has 3 rings (SSSR count). The van der Waals surface area contributed by atoms with Gasteiger partial charge < -0.3 is 15.4 Å². The van der Waals surface area contributed by atoms with Gasteiger partial charge in [0.15, 0.2) is 0 Å². The number of carbonyl (C=O) groups excluding carboxylic acids is 2. The van der Waals surface area contributed by atoms with Crippen molar-refractivity contribution in [2.75, 3.05) is 13.7 Å². The molecule has 0 aliphatic carbocycles. The Morgan fingerprint density at radius 1 is 1.02 bits per heavy atom. The maximum absolute atomic E-state index is 14.4. The molecule has 1 saturated heterocycles. The normalized spacial score (nSPS) is 16.6. The van der Waals surface area contributed by atoms with Crippen LogP contribution in [-0.2, 0) is 30.8 Å². The van der Waals surface area contributed by atoms with Crippen molar-refractivity contribution in [1.82, 2.24) is 9.62 Å². The van der Waals surface area contributed by atoms with Gasteiger partial charge in [0.25, 0.3) is 0 Å². The van der Waals surface area contributed by atoms with Crippen molar-refractivity contribution in [2.24, 2.45) is 5.73 Å². The van der Waals surface area contributed by atoms with E-state index in [-0.39, 0.29) is 34.9 Å². The molecule has 2 aromatic carbocycles. The summed E-state index contributed by atoms with van der Waals surface area (Å²) in [6.07, 6.45) is 1.92. The predicted octanol–water partition coefficient (Wildman–Crippen LogP) is 4.78. The van der Waals surface area contributed by atoms with Crippen LogP contribution < -0.4 is 10.5 Å². The molecule has 1 aliphatic heterocycles. The molecule has 1 fully saturated rings. The van der Waals surface area contributed by atoms with Gasteiger partial charge in [0.05, 0.1) is 12.0 Å². The number of carbonyl (C=O) groups is 2. The van der Waals surface area contributed by atoms with Crippen molar-refractivity contribution in [3.05, 3.63) is 64.2 Å². The molecular formula is C32H46N4O5S. The van der Waals surface area contributed by atoms with E-state index in [4.69, 9.17) is 15.9 Å². The van der Waals surface area contributed by atoms with E-state index in [0.29, 0.717) is 41.6 Å². The number of methoxy groups -OCH3 is 1. The monoisotopic (exact) mass is 598 g/mol. The minimum atomic E-state index is -4.21. The first-order chi connectivity index (χ1) is 19.7. The van der Waals surface area contributed by atoms with Crippen LogP contribution in [0.25, 0.3) is 0 Å². The Balaban J connectivity index is 2.15. The lowest BCUT2D eigenvalue weighted by Crippen LogP contribution is -2.56. The van der Waals surface area contributed by atoms with E-state index in [1.807, 2.05) is 39.8 Å². The van der Waals surface area contributed by atoms with Gasteiger partial charge in [-0.05, 0) is 71.8 Å². The van der Waals surface area contributed by atoms with Gasteiger partial charge in [-0.1, -0.05) is 71.9 Å². The number of ether oxygens (including phenoxy) is 1. The van der Waals surface area contributed by atoms with Crippen LogP contribution in [0.3, 0.4) is 0 Å². The summed E-state index contributed by atoms with van der Waals surface area (Å²) in [6.45, 7) is 12.3. The van der Waals surface area contributed by atoms with Gasteiger partial charge in [-0.2, -0.15) is 4.72 Å². The summed E-state index contributed by atoms with van der Waals surface area (Å²) in [6, 6.07) is 8.79. The molecular weight excluding hydrogens is 552 g/mol. The number of likely N-dealkylation sites (tertiary alicyclic amines) is 1. The number of benzene rings is 2. The molecule has 1 amide bonds. The number of nitrogens with two attached hydrogens (primary N) is 1. The maximum atomic E-state index is 14.4. The molecule has 0 spiro atoms. The average Bonchev–Trinajstić information content (AvgIpc) is 2.95. The van der Waals surface area contributed by atoms with Gasteiger partial charge in [-0.15, -0.1) is 0 Å². The van der Waals surface area contributed by atoms with E-state index in [1.54, 1.807) is 24.3 Å². The number of hydrogen-bond donors (Lipinski definition) is 3. The lowest BCUT2D eigenvalue weighted by atomic mass is 9.89. The van der Waals surface area contributed by atoms with E-state index >= 15 is 0 Å². The van der Waals surface area contributed by atoms with Gasteiger partial charge in [0, 0.05) is 12.1 Å². The number of sulfonamides is 1. The van der Waals surface area contributed by atoms with Crippen LogP contribution in [0.1, 0.15) is 106 Å². The molecule has 10 heteroatoms. The van der Waals surface area contributed by atoms with Crippen LogP contribution in [0.15, 0.2) is 41.3 Å². The Bertz CT molecular complexity index is 1390. The van der Waals surface area contributed by atoms with Gasteiger partial charge >= 0.3 is 5.97 Å². The number of amides is 1. The lowest BCUT2D eigenvalue weighted by molar-refractivity contribution is -0.155. The summed E-state index contributed by atoms with van der Waals surface area (Å²) in [5, 5.41) is 7.83. The topological polar surface area (TPSA) is 143 Å². The summed E-state index contributed by atoms with van der Waals surface area (Å²) in [5.74, 6) is -1.09. The van der Waals surface area contributed by atoms with E-state index < -0.39 is 34.0 Å². The molecule has 0 bridgehead atoms. The molecule has 4 N–H and O–H groups in total. The van der Waals surface area contributed by atoms with Crippen molar-refractivity contribution in [1.29, 1.82) is 5.41 Å². The van der Waals surface area contributed by atoms with Gasteiger partial charge in [-0.3, -0.25) is 10.2 Å². The Morgan fingerprint density at radius 2 is 1.64 bits per heavy atom. The largest absolute Gasteiger partial charge is 0.467 e. The average molecular weight is 599 g/mol. The lowest BCUT2D eigenvalue weighted by Gasteiger charge is -2.36. The standard InChI is InChI=1S/C32H46N4O5S/c1-19(2)24-17-25(20(3)4)29(26(18-24)21(5)6)42(39,40)35-27(16-22-11-10-12-23(15-22)30(33)34)31(37)36-14-9-8-13-28(36)32(38)41-7/h10-12,15,17-21,27-28,35H,8-9,13-14,16H2,1-7H3,(H3,33,34)/t27-,28?/m0/s1. The molecule has 9 nitrogen and oxygen atoms in total. The molecule has 0 saturated carbocycles. The molecule has 1 unspecified atom stereocenters. The Labute approximate surface area is 250 Å². The minimum Gasteiger partial charge on any atom is -0.467 e. The van der Waals surface area contributed by atoms with Crippen LogP contribution >= 0.6 is 0 Å². The number of nitrogen functional groups attached to an aromatic ring is 1. The molecule has 230 valence electrons. The zero-order valence-electron chi connectivity index (χ0n) is 25.9. The third-order valence-corrected chi connectivity index (χ3v) is 9.48. The van der Waals surface area contributed by atoms with Gasteiger partial charge in [0.2, 0.25) is 15.9 Å². The Morgan fingerprint density at radius 3 is 2.17 bits per heavy atom. The summed E-state index contributed by atoms with van der Waals surface area (Å²) in [5.41, 5.74) is 9.28. The smallest absolute Gasteiger partial charge is 0.328 e. The summed E-state index contributed by atoms with van der Waals surface area (Å²) >= 11 is 0. The van der Waals surface area contributed by atoms with E-state index in [9.17, 15) is 18.0 Å². The fourth-order valence-electron chi connectivity index (χ4n) is 5.50. The van der Waals surface area contributed by atoms with E-state index in [0.717, 1.165) is 12.0 Å². The van der Waals surface area contributed by atoms with E-state index in [2.05, 4.69) is 18.6 Å². The highest BCUT2D eigenvalue weighted by Gasteiger charge is 2.39. The zero-order chi connectivity index (χ0) is 31.4.